The molecule has 4 amide bonds. The first-order valence-corrected chi connectivity index (χ1v) is 8.08. The number of hydrogen-bond acceptors (Lipinski definition) is 7. The van der Waals surface area contributed by atoms with Gasteiger partial charge in [0.05, 0.1) is 7.11 Å². The molecule has 1 saturated heterocycles. The molecule has 0 atom stereocenters. The number of rotatable bonds is 8. The van der Waals surface area contributed by atoms with E-state index in [2.05, 4.69) is 17.0 Å². The number of hydrogen-bond donors (Lipinski definition) is 2. The molecule has 25 heavy (non-hydrogen) atoms. The van der Waals surface area contributed by atoms with Crippen molar-refractivity contribution < 1.29 is 29.0 Å². The first-order chi connectivity index (χ1) is 11.7. The summed E-state index contributed by atoms with van der Waals surface area (Å²) in [7, 11) is 3.30. The van der Waals surface area contributed by atoms with Gasteiger partial charge in [-0.05, 0) is 6.42 Å². The lowest BCUT2D eigenvalue weighted by Gasteiger charge is -2.38. The quantitative estimate of drug-likeness (QED) is 0.272. The number of amides is 4. The van der Waals surface area contributed by atoms with Crippen molar-refractivity contribution in [3.8, 4) is 0 Å². The minimum Gasteiger partial charge on any atom is -0.466 e. The van der Waals surface area contributed by atoms with E-state index in [1.165, 1.54) is 0 Å². The van der Waals surface area contributed by atoms with Gasteiger partial charge >= 0.3 is 12.0 Å². The van der Waals surface area contributed by atoms with Crippen LogP contribution in [0.5, 0.6) is 0 Å². The zero-order valence-electron chi connectivity index (χ0n) is 15.0. The number of barbiturate groups is 1. The average Bonchev–Trinajstić information content (AvgIpc) is 2.62. The van der Waals surface area contributed by atoms with Crippen LogP contribution in [0.25, 0.3) is 0 Å². The van der Waals surface area contributed by atoms with Crippen LogP contribution in [-0.2, 0) is 19.1 Å². The third-order valence-electron chi connectivity index (χ3n) is 4.02. The summed E-state index contributed by atoms with van der Waals surface area (Å²) in [6, 6.07) is -0.892. The Labute approximate surface area is 146 Å². The van der Waals surface area contributed by atoms with Gasteiger partial charge < -0.3 is 15.2 Å². The largest absolute Gasteiger partial charge is 0.466 e. The van der Waals surface area contributed by atoms with E-state index in [1.54, 1.807) is 0 Å². The number of unbranched alkanes of at least 4 members (excludes halogenated alkanes) is 3. The van der Waals surface area contributed by atoms with E-state index >= 15 is 0 Å². The fraction of sp³-hybridized carbons (Fsp3) is 0.625. The summed E-state index contributed by atoms with van der Waals surface area (Å²) < 4.78 is 4.59. The Bertz CT molecular complexity index is 562. The summed E-state index contributed by atoms with van der Waals surface area (Å²) in [5.74, 6) is -3.45. The number of ether oxygens (including phenoxy) is 1. The number of likely N-dealkylation sites (N-methyl/N-ethyl adjacent to an activating group) is 2. The summed E-state index contributed by atoms with van der Waals surface area (Å²) in [5, 5.41) is 13.5. The molecular weight excluding hydrogens is 330 g/mol. The molecule has 1 heterocycles. The van der Waals surface area contributed by atoms with Gasteiger partial charge in [-0.1, -0.05) is 26.2 Å². The van der Waals surface area contributed by atoms with Gasteiger partial charge in [0.15, 0.2) is 0 Å². The summed E-state index contributed by atoms with van der Waals surface area (Å²) in [6.45, 7) is 2.57. The van der Waals surface area contributed by atoms with Crippen molar-refractivity contribution in [3.63, 3.8) is 0 Å². The third kappa shape index (κ3) is 3.98. The molecule has 0 aromatic heterocycles. The van der Waals surface area contributed by atoms with Crippen molar-refractivity contribution in [2.45, 2.75) is 38.2 Å². The van der Waals surface area contributed by atoms with E-state index in [9.17, 15) is 24.3 Å². The minimum atomic E-state index is -2.82. The van der Waals surface area contributed by atoms with Gasteiger partial charge in [-0.25, -0.2) is 9.59 Å². The number of carbonyl (C=O) groups is 4. The number of carbonyl (C=O) groups excluding carboxylic acids is 4. The van der Waals surface area contributed by atoms with Gasteiger partial charge in [-0.3, -0.25) is 19.4 Å². The molecule has 0 bridgehead atoms. The first kappa shape index (κ1) is 20.6. The molecule has 0 aromatic rings. The number of imide groups is 2. The van der Waals surface area contributed by atoms with E-state index in [0.717, 1.165) is 53.1 Å². The van der Waals surface area contributed by atoms with Crippen LogP contribution in [0.15, 0.2) is 11.8 Å². The van der Waals surface area contributed by atoms with Crippen molar-refractivity contribution in [2.75, 3.05) is 27.7 Å². The number of aliphatic hydroxyl groups is 1. The van der Waals surface area contributed by atoms with Gasteiger partial charge in [0.25, 0.3) is 17.4 Å². The molecule has 0 spiro atoms. The van der Waals surface area contributed by atoms with Gasteiger partial charge in [0.1, 0.15) is 5.57 Å². The van der Waals surface area contributed by atoms with Gasteiger partial charge in [-0.2, -0.15) is 0 Å². The fourth-order valence-electron chi connectivity index (χ4n) is 2.46. The van der Waals surface area contributed by atoms with Crippen molar-refractivity contribution >= 4 is 23.8 Å². The second kappa shape index (κ2) is 8.61. The highest BCUT2D eigenvalue weighted by Gasteiger charge is 2.59. The highest BCUT2D eigenvalue weighted by atomic mass is 16.5. The van der Waals surface area contributed by atoms with Crippen LogP contribution in [0.2, 0.25) is 0 Å². The molecule has 0 aromatic carbocycles. The molecule has 0 saturated carbocycles. The Morgan fingerprint density at radius 2 is 1.72 bits per heavy atom. The maximum Gasteiger partial charge on any atom is 0.339 e. The molecule has 1 aliphatic heterocycles. The second-order valence-electron chi connectivity index (χ2n) is 5.79. The topological polar surface area (TPSA) is 116 Å². The van der Waals surface area contributed by atoms with Crippen LogP contribution in [0.1, 0.15) is 32.6 Å². The maximum absolute atomic E-state index is 12.4. The zero-order chi connectivity index (χ0) is 19.2. The molecule has 9 heteroatoms. The van der Waals surface area contributed by atoms with Crippen LogP contribution in [-0.4, -0.2) is 72.1 Å². The monoisotopic (exact) mass is 355 g/mol. The van der Waals surface area contributed by atoms with Gasteiger partial charge in [0.2, 0.25) is 0 Å². The van der Waals surface area contributed by atoms with E-state index in [4.69, 9.17) is 0 Å². The molecule has 1 fully saturated rings. The molecule has 2 N–H and O–H groups in total. The third-order valence-corrected chi connectivity index (χ3v) is 4.02. The molecule has 0 unspecified atom stereocenters. The number of nitrogens with zero attached hydrogens (tertiary/aromatic N) is 2. The van der Waals surface area contributed by atoms with E-state index in [-0.39, 0.29) is 0 Å². The molecule has 140 valence electrons. The standard InChI is InChI=1S/C16H25N3O6/c1-5-6-7-8-9-17-10-11(12(20)25-4)16(24)13(21)18(2)15(23)19(3)14(16)22/h10,17,24H,5-9H2,1-4H3/b11-10+. The predicted octanol–water partition coefficient (Wildman–Crippen LogP) is -0.00530. The van der Waals surface area contributed by atoms with Gasteiger partial charge in [-0.15, -0.1) is 0 Å². The van der Waals surface area contributed by atoms with E-state index in [0.29, 0.717) is 16.3 Å². The maximum atomic E-state index is 12.4. The van der Waals surface area contributed by atoms with Crippen LogP contribution in [0.4, 0.5) is 4.79 Å². The van der Waals surface area contributed by atoms with Crippen molar-refractivity contribution in [3.05, 3.63) is 11.8 Å². The number of urea groups is 1. The van der Waals surface area contributed by atoms with Crippen LogP contribution >= 0.6 is 0 Å². The summed E-state index contributed by atoms with van der Waals surface area (Å²) in [4.78, 5) is 49.8. The highest BCUT2D eigenvalue weighted by molar-refractivity contribution is 6.26. The van der Waals surface area contributed by atoms with Crippen LogP contribution in [0, 0.1) is 0 Å². The summed E-state index contributed by atoms with van der Waals surface area (Å²) in [5.41, 5.74) is -3.38. The lowest BCUT2D eigenvalue weighted by Crippen LogP contribution is -2.68. The Hall–Kier alpha value is -2.42. The first-order valence-electron chi connectivity index (χ1n) is 8.08. The summed E-state index contributed by atoms with van der Waals surface area (Å²) >= 11 is 0. The van der Waals surface area contributed by atoms with Gasteiger partial charge in [0, 0.05) is 26.8 Å². The SMILES string of the molecule is CCCCCCN/C=C(\C(=O)OC)C1(O)C(=O)N(C)C(=O)N(C)C1=O. The Morgan fingerprint density at radius 1 is 1.16 bits per heavy atom. The Kier molecular flexibility index (Phi) is 7.10. The predicted molar refractivity (Wildman–Crippen MR) is 88.1 cm³/mol. The minimum absolute atomic E-state index is 0.490. The van der Waals surface area contributed by atoms with Crippen molar-refractivity contribution in [1.82, 2.24) is 15.1 Å². The molecule has 1 aliphatic rings. The van der Waals surface area contributed by atoms with Crippen molar-refractivity contribution in [2.24, 2.45) is 0 Å². The smallest absolute Gasteiger partial charge is 0.339 e. The number of methoxy groups -OCH3 is 1. The molecule has 0 aliphatic carbocycles. The molecule has 0 radical (unpaired) electrons. The normalized spacial score (nSPS) is 17.8. The van der Waals surface area contributed by atoms with E-state index < -0.39 is 35.0 Å². The highest BCUT2D eigenvalue weighted by Crippen LogP contribution is 2.27. The fourth-order valence-corrected chi connectivity index (χ4v) is 2.46. The number of esters is 1. The van der Waals surface area contributed by atoms with E-state index in [1.807, 2.05) is 0 Å². The molecular formula is C16H25N3O6. The Balaban J connectivity index is 3.11. The summed E-state index contributed by atoms with van der Waals surface area (Å²) in [6.07, 6.45) is 5.03. The lowest BCUT2D eigenvalue weighted by molar-refractivity contribution is -0.166. The lowest BCUT2D eigenvalue weighted by atomic mass is 9.89. The molecule has 9 nitrogen and oxygen atoms in total. The second-order valence-corrected chi connectivity index (χ2v) is 5.79. The Morgan fingerprint density at radius 3 is 2.20 bits per heavy atom. The van der Waals surface area contributed by atoms with Crippen molar-refractivity contribution in [1.29, 1.82) is 0 Å². The van der Waals surface area contributed by atoms with Crippen LogP contribution < -0.4 is 5.32 Å². The average molecular weight is 355 g/mol. The molecule has 1 rings (SSSR count). The zero-order valence-corrected chi connectivity index (χ0v) is 15.0. The van der Waals surface area contributed by atoms with Crippen LogP contribution in [0.3, 0.4) is 0 Å². The number of nitrogens with one attached hydrogen (secondary N) is 1.